The first kappa shape index (κ1) is 11.9. The van der Waals surface area contributed by atoms with E-state index >= 15 is 0 Å². The number of ether oxygens (including phenoxy) is 1. The number of halogens is 2. The summed E-state index contributed by atoms with van der Waals surface area (Å²) in [5.41, 5.74) is 0.229. The van der Waals surface area contributed by atoms with Crippen LogP contribution in [-0.4, -0.2) is 18.4 Å². The molecule has 0 heterocycles. The average molecular weight is 216 g/mol. The van der Waals surface area contributed by atoms with Crippen molar-refractivity contribution in [3.05, 3.63) is 29.6 Å². The molecule has 1 rings (SSSR count). The van der Waals surface area contributed by atoms with E-state index in [2.05, 4.69) is 0 Å². The first-order valence-corrected chi connectivity index (χ1v) is 4.81. The molecule has 0 aliphatic carbocycles. The highest BCUT2D eigenvalue weighted by molar-refractivity contribution is 5.29. The summed E-state index contributed by atoms with van der Waals surface area (Å²) < 4.78 is 30.2. The second-order valence-corrected chi connectivity index (χ2v) is 3.25. The molecule has 2 nitrogen and oxygen atoms in total. The van der Waals surface area contributed by atoms with Crippen LogP contribution in [-0.2, 0) is 0 Å². The van der Waals surface area contributed by atoms with Gasteiger partial charge in [-0.05, 0) is 19.1 Å². The topological polar surface area (TPSA) is 29.5 Å². The molecule has 0 radical (unpaired) electrons. The van der Waals surface area contributed by atoms with E-state index in [9.17, 15) is 13.9 Å². The van der Waals surface area contributed by atoms with Gasteiger partial charge in [-0.2, -0.15) is 0 Å². The number of hydrogen-bond donors (Lipinski definition) is 1. The Kier molecular flexibility index (Phi) is 4.49. The SMILES string of the molecule is C[C@@H](O)c1ccc(OCCCF)cc1F. The maximum atomic E-state index is 13.3. The summed E-state index contributed by atoms with van der Waals surface area (Å²) in [4.78, 5) is 0. The fourth-order valence-corrected chi connectivity index (χ4v) is 1.18. The highest BCUT2D eigenvalue weighted by Crippen LogP contribution is 2.21. The van der Waals surface area contributed by atoms with Crippen LogP contribution < -0.4 is 4.74 Å². The summed E-state index contributed by atoms with van der Waals surface area (Å²) in [5.74, 6) is -0.159. The van der Waals surface area contributed by atoms with Crippen molar-refractivity contribution in [1.29, 1.82) is 0 Å². The lowest BCUT2D eigenvalue weighted by molar-refractivity contribution is 0.194. The molecule has 1 atom stereocenters. The van der Waals surface area contributed by atoms with E-state index < -0.39 is 18.6 Å². The van der Waals surface area contributed by atoms with Gasteiger partial charge >= 0.3 is 0 Å². The van der Waals surface area contributed by atoms with Crippen LogP contribution >= 0.6 is 0 Å². The molecule has 0 saturated carbocycles. The van der Waals surface area contributed by atoms with Crippen molar-refractivity contribution >= 4 is 0 Å². The smallest absolute Gasteiger partial charge is 0.132 e. The molecule has 0 aliphatic rings. The lowest BCUT2D eigenvalue weighted by Crippen LogP contribution is -2.00. The van der Waals surface area contributed by atoms with Gasteiger partial charge in [0.2, 0.25) is 0 Å². The molecule has 0 bridgehead atoms. The molecule has 0 aromatic heterocycles. The van der Waals surface area contributed by atoms with Crippen molar-refractivity contribution in [3.8, 4) is 5.75 Å². The average Bonchev–Trinajstić information content (AvgIpc) is 2.17. The summed E-state index contributed by atoms with van der Waals surface area (Å²) in [6, 6.07) is 4.22. The van der Waals surface area contributed by atoms with Crippen molar-refractivity contribution in [2.75, 3.05) is 13.3 Å². The quantitative estimate of drug-likeness (QED) is 0.766. The van der Waals surface area contributed by atoms with E-state index in [1.807, 2.05) is 0 Å². The van der Waals surface area contributed by atoms with Crippen molar-refractivity contribution in [2.45, 2.75) is 19.4 Å². The highest BCUT2D eigenvalue weighted by Gasteiger charge is 2.08. The third kappa shape index (κ3) is 3.47. The second-order valence-electron chi connectivity index (χ2n) is 3.25. The summed E-state index contributed by atoms with van der Waals surface area (Å²) in [6.07, 6.45) is -0.551. The van der Waals surface area contributed by atoms with Gasteiger partial charge < -0.3 is 9.84 Å². The van der Waals surface area contributed by atoms with Crippen molar-refractivity contribution < 1.29 is 18.6 Å². The number of aliphatic hydroxyl groups is 1. The highest BCUT2D eigenvalue weighted by atomic mass is 19.1. The van der Waals surface area contributed by atoms with E-state index in [4.69, 9.17) is 4.74 Å². The number of hydrogen-bond acceptors (Lipinski definition) is 2. The minimum atomic E-state index is -0.843. The molecular formula is C11H14F2O2. The Balaban J connectivity index is 2.65. The maximum Gasteiger partial charge on any atom is 0.132 e. The van der Waals surface area contributed by atoms with Crippen LogP contribution in [0.4, 0.5) is 8.78 Å². The van der Waals surface area contributed by atoms with Crippen molar-refractivity contribution in [1.82, 2.24) is 0 Å². The van der Waals surface area contributed by atoms with Gasteiger partial charge in [0.1, 0.15) is 11.6 Å². The summed E-state index contributed by atoms with van der Waals surface area (Å²) in [6.45, 7) is 1.26. The molecule has 4 heteroatoms. The van der Waals surface area contributed by atoms with Crippen molar-refractivity contribution in [2.24, 2.45) is 0 Å². The van der Waals surface area contributed by atoms with E-state index in [-0.39, 0.29) is 12.2 Å². The van der Waals surface area contributed by atoms with E-state index in [1.54, 1.807) is 6.07 Å². The van der Waals surface area contributed by atoms with Crippen LogP contribution in [0.5, 0.6) is 5.75 Å². The maximum absolute atomic E-state index is 13.3. The van der Waals surface area contributed by atoms with Crippen LogP contribution in [0.3, 0.4) is 0 Å². The first-order chi connectivity index (χ1) is 7.15. The molecule has 0 aliphatic heterocycles. The van der Waals surface area contributed by atoms with Gasteiger partial charge in [-0.15, -0.1) is 0 Å². The molecule has 1 N–H and O–H groups in total. The molecule has 15 heavy (non-hydrogen) atoms. The Hall–Kier alpha value is -1.16. The predicted molar refractivity (Wildman–Crippen MR) is 53.1 cm³/mol. The van der Waals surface area contributed by atoms with Gasteiger partial charge in [0.15, 0.2) is 0 Å². The summed E-state index contributed by atoms with van der Waals surface area (Å²) in [5, 5.41) is 9.18. The van der Waals surface area contributed by atoms with Crippen LogP contribution in [0.1, 0.15) is 25.0 Å². The molecule has 0 unspecified atom stereocenters. The predicted octanol–water partition coefficient (Wildman–Crippen LogP) is 2.62. The molecule has 0 saturated heterocycles. The third-order valence-electron chi connectivity index (χ3n) is 1.97. The Morgan fingerprint density at radius 2 is 2.20 bits per heavy atom. The Morgan fingerprint density at radius 1 is 1.47 bits per heavy atom. The number of aliphatic hydroxyl groups excluding tert-OH is 1. The third-order valence-corrected chi connectivity index (χ3v) is 1.97. The van der Waals surface area contributed by atoms with Gasteiger partial charge in [0.05, 0.1) is 19.4 Å². The molecule has 1 aromatic carbocycles. The molecule has 84 valence electrons. The van der Waals surface area contributed by atoms with E-state index in [0.29, 0.717) is 12.2 Å². The summed E-state index contributed by atoms with van der Waals surface area (Å²) in [7, 11) is 0. The monoisotopic (exact) mass is 216 g/mol. The Bertz CT molecular complexity index is 313. The fraction of sp³-hybridized carbons (Fsp3) is 0.455. The normalized spacial score (nSPS) is 12.5. The van der Waals surface area contributed by atoms with Gasteiger partial charge in [-0.1, -0.05) is 0 Å². The van der Waals surface area contributed by atoms with Gasteiger partial charge in [0.25, 0.3) is 0 Å². The zero-order valence-electron chi connectivity index (χ0n) is 8.54. The minimum Gasteiger partial charge on any atom is -0.493 e. The Morgan fingerprint density at radius 3 is 2.73 bits per heavy atom. The lowest BCUT2D eigenvalue weighted by Gasteiger charge is -2.09. The van der Waals surface area contributed by atoms with Gasteiger partial charge in [-0.3, -0.25) is 4.39 Å². The largest absolute Gasteiger partial charge is 0.493 e. The first-order valence-electron chi connectivity index (χ1n) is 4.81. The molecular weight excluding hydrogens is 202 g/mol. The van der Waals surface area contributed by atoms with Crippen LogP contribution in [0.15, 0.2) is 18.2 Å². The number of benzene rings is 1. The molecule has 0 spiro atoms. The molecule has 0 amide bonds. The molecule has 1 aromatic rings. The Labute approximate surface area is 87.5 Å². The second kappa shape index (κ2) is 5.66. The number of rotatable bonds is 5. The minimum absolute atomic E-state index is 0.226. The van der Waals surface area contributed by atoms with E-state index in [0.717, 1.165) is 0 Å². The van der Waals surface area contributed by atoms with Gasteiger partial charge in [0, 0.05) is 18.1 Å². The van der Waals surface area contributed by atoms with Crippen LogP contribution in [0.2, 0.25) is 0 Å². The standard InChI is InChI=1S/C11H14F2O2/c1-8(14)10-4-3-9(7-11(10)13)15-6-2-5-12/h3-4,7-8,14H,2,5-6H2,1H3/t8-/m1/s1. The number of alkyl halides is 1. The fourth-order valence-electron chi connectivity index (χ4n) is 1.18. The molecule has 0 fully saturated rings. The van der Waals surface area contributed by atoms with Crippen LogP contribution in [0, 0.1) is 5.82 Å². The zero-order chi connectivity index (χ0) is 11.3. The summed E-state index contributed by atoms with van der Waals surface area (Å²) >= 11 is 0. The van der Waals surface area contributed by atoms with Gasteiger partial charge in [-0.25, -0.2) is 4.39 Å². The van der Waals surface area contributed by atoms with E-state index in [1.165, 1.54) is 19.1 Å². The zero-order valence-corrected chi connectivity index (χ0v) is 8.54. The van der Waals surface area contributed by atoms with Crippen molar-refractivity contribution in [3.63, 3.8) is 0 Å². The van der Waals surface area contributed by atoms with Crippen LogP contribution in [0.25, 0.3) is 0 Å². The lowest BCUT2D eigenvalue weighted by atomic mass is 10.1.